The average molecular weight is 179 g/mol. The van der Waals surface area contributed by atoms with Gasteiger partial charge in [0.25, 0.3) is 0 Å². The maximum absolute atomic E-state index is 12.9. The van der Waals surface area contributed by atoms with Gasteiger partial charge in [0.1, 0.15) is 5.82 Å². The smallest absolute Gasteiger partial charge is 0.128 e. The van der Waals surface area contributed by atoms with Crippen molar-refractivity contribution < 1.29 is 9.50 Å². The van der Waals surface area contributed by atoms with E-state index in [0.29, 0.717) is 5.56 Å². The molecule has 0 aliphatic rings. The summed E-state index contributed by atoms with van der Waals surface area (Å²) in [4.78, 5) is 0. The first-order chi connectivity index (χ1) is 6.27. The average Bonchev–Trinajstić information content (AvgIpc) is 2.16. The molecular weight excluding hydrogens is 169 g/mol. The van der Waals surface area contributed by atoms with E-state index in [1.807, 2.05) is 0 Å². The van der Waals surface area contributed by atoms with Crippen LogP contribution in [0.5, 0.6) is 0 Å². The molecule has 0 saturated carbocycles. The minimum Gasteiger partial charge on any atom is -0.392 e. The molecule has 2 nitrogen and oxygen atoms in total. The van der Waals surface area contributed by atoms with E-state index < -0.39 is 5.82 Å². The highest BCUT2D eigenvalue weighted by atomic mass is 19.1. The topological polar surface area (TPSA) is 46.2 Å². The lowest BCUT2D eigenvalue weighted by Gasteiger charge is -1.98. The Morgan fingerprint density at radius 2 is 2.23 bits per heavy atom. The Hall–Kier alpha value is -1.37. The Morgan fingerprint density at radius 3 is 2.85 bits per heavy atom. The quantitative estimate of drug-likeness (QED) is 0.621. The van der Waals surface area contributed by atoms with Crippen LogP contribution in [0.4, 0.5) is 4.39 Å². The summed E-state index contributed by atoms with van der Waals surface area (Å²) in [6.45, 7) is -0.0458. The third-order valence-electron chi connectivity index (χ3n) is 1.55. The maximum Gasteiger partial charge on any atom is 0.128 e. The highest BCUT2D eigenvalue weighted by Gasteiger charge is 1.99. The molecule has 0 aliphatic heterocycles. The van der Waals surface area contributed by atoms with Gasteiger partial charge >= 0.3 is 0 Å². The van der Waals surface area contributed by atoms with Gasteiger partial charge < -0.3 is 10.8 Å². The van der Waals surface area contributed by atoms with Crippen LogP contribution in [0.15, 0.2) is 18.2 Å². The molecule has 3 N–H and O–H groups in total. The molecule has 0 radical (unpaired) electrons. The van der Waals surface area contributed by atoms with E-state index in [2.05, 4.69) is 11.8 Å². The predicted octanol–water partition coefficient (Wildman–Crippen LogP) is 0.628. The zero-order valence-electron chi connectivity index (χ0n) is 7.05. The van der Waals surface area contributed by atoms with Gasteiger partial charge in [-0.1, -0.05) is 11.8 Å². The van der Waals surface area contributed by atoms with Crippen molar-refractivity contribution in [2.45, 2.75) is 6.61 Å². The Morgan fingerprint density at radius 1 is 1.46 bits per heavy atom. The molecule has 0 fully saturated rings. The molecule has 0 saturated heterocycles. The molecule has 0 spiro atoms. The second-order valence-electron chi connectivity index (χ2n) is 2.47. The first-order valence-electron chi connectivity index (χ1n) is 3.86. The van der Waals surface area contributed by atoms with Gasteiger partial charge in [0.05, 0.1) is 13.2 Å². The second-order valence-corrected chi connectivity index (χ2v) is 2.47. The zero-order chi connectivity index (χ0) is 9.68. The van der Waals surface area contributed by atoms with Crippen molar-refractivity contribution in [3.63, 3.8) is 0 Å². The highest BCUT2D eigenvalue weighted by molar-refractivity contribution is 5.37. The van der Waals surface area contributed by atoms with Crippen LogP contribution in [0.25, 0.3) is 0 Å². The Labute approximate surface area is 76.2 Å². The molecule has 1 rings (SSSR count). The van der Waals surface area contributed by atoms with Gasteiger partial charge in [-0.05, 0) is 18.2 Å². The van der Waals surface area contributed by atoms with Crippen LogP contribution in [-0.2, 0) is 6.61 Å². The Kier molecular flexibility index (Phi) is 3.44. The van der Waals surface area contributed by atoms with E-state index in [1.54, 1.807) is 6.07 Å². The van der Waals surface area contributed by atoms with Gasteiger partial charge in [-0.2, -0.15) is 0 Å². The molecule has 1 aromatic rings. The van der Waals surface area contributed by atoms with Gasteiger partial charge in [-0.3, -0.25) is 0 Å². The first kappa shape index (κ1) is 9.72. The number of hydrogen-bond acceptors (Lipinski definition) is 2. The van der Waals surface area contributed by atoms with Gasteiger partial charge in [0.2, 0.25) is 0 Å². The normalized spacial score (nSPS) is 9.15. The van der Waals surface area contributed by atoms with Crippen molar-refractivity contribution in [1.82, 2.24) is 0 Å². The molecule has 0 aliphatic carbocycles. The summed E-state index contributed by atoms with van der Waals surface area (Å²) >= 11 is 0. The van der Waals surface area contributed by atoms with Gasteiger partial charge in [0.15, 0.2) is 0 Å². The minimum atomic E-state index is -0.416. The lowest BCUT2D eigenvalue weighted by Crippen LogP contribution is -1.94. The summed E-state index contributed by atoms with van der Waals surface area (Å²) in [5.74, 6) is 4.99. The molecule has 13 heavy (non-hydrogen) atoms. The van der Waals surface area contributed by atoms with Crippen molar-refractivity contribution in [2.24, 2.45) is 5.73 Å². The Balaban J connectivity index is 2.99. The standard InChI is InChI=1S/C10H10FNO/c11-10-4-3-8(2-1-5-12)6-9(10)7-13/h3-4,6,13H,5,7,12H2. The van der Waals surface area contributed by atoms with Gasteiger partial charge in [-0.15, -0.1) is 0 Å². The van der Waals surface area contributed by atoms with E-state index >= 15 is 0 Å². The number of hydrogen-bond donors (Lipinski definition) is 2. The molecular formula is C10H10FNO. The largest absolute Gasteiger partial charge is 0.392 e. The van der Waals surface area contributed by atoms with Crippen LogP contribution in [0.2, 0.25) is 0 Å². The van der Waals surface area contributed by atoms with Crippen LogP contribution in [0.1, 0.15) is 11.1 Å². The minimum absolute atomic E-state index is 0.254. The predicted molar refractivity (Wildman–Crippen MR) is 48.3 cm³/mol. The van der Waals surface area contributed by atoms with E-state index in [9.17, 15) is 4.39 Å². The second kappa shape index (κ2) is 4.61. The summed E-state index contributed by atoms with van der Waals surface area (Å²) in [6.07, 6.45) is 0. The molecule has 0 unspecified atom stereocenters. The Bertz CT molecular complexity index is 352. The number of halogens is 1. The van der Waals surface area contributed by atoms with Crippen molar-refractivity contribution in [2.75, 3.05) is 6.54 Å². The molecule has 0 aromatic heterocycles. The van der Waals surface area contributed by atoms with Crippen molar-refractivity contribution in [1.29, 1.82) is 0 Å². The van der Waals surface area contributed by atoms with E-state index in [1.165, 1.54) is 12.1 Å². The molecule has 68 valence electrons. The lowest BCUT2D eigenvalue weighted by atomic mass is 10.1. The van der Waals surface area contributed by atoms with Crippen molar-refractivity contribution >= 4 is 0 Å². The molecule has 0 amide bonds. The van der Waals surface area contributed by atoms with Crippen molar-refractivity contribution in [3.05, 3.63) is 35.1 Å². The SMILES string of the molecule is NCC#Cc1ccc(F)c(CO)c1. The summed E-state index contributed by atoms with van der Waals surface area (Å²) in [6, 6.07) is 4.35. The van der Waals surface area contributed by atoms with Crippen LogP contribution >= 0.6 is 0 Å². The fraction of sp³-hybridized carbons (Fsp3) is 0.200. The lowest BCUT2D eigenvalue weighted by molar-refractivity contribution is 0.275. The molecule has 0 heterocycles. The van der Waals surface area contributed by atoms with E-state index in [-0.39, 0.29) is 18.7 Å². The third kappa shape index (κ3) is 2.55. The summed E-state index contributed by atoms with van der Waals surface area (Å²) < 4.78 is 12.9. The number of nitrogens with two attached hydrogens (primary N) is 1. The monoisotopic (exact) mass is 179 g/mol. The van der Waals surface area contributed by atoms with Gasteiger partial charge in [-0.25, -0.2) is 4.39 Å². The molecule has 3 heteroatoms. The van der Waals surface area contributed by atoms with E-state index in [4.69, 9.17) is 10.8 Å². The number of aliphatic hydroxyl groups is 1. The zero-order valence-corrected chi connectivity index (χ0v) is 7.05. The van der Waals surface area contributed by atoms with E-state index in [0.717, 1.165) is 0 Å². The fourth-order valence-electron chi connectivity index (χ4n) is 0.927. The van der Waals surface area contributed by atoms with Gasteiger partial charge in [0, 0.05) is 11.1 Å². The molecule has 1 aromatic carbocycles. The highest BCUT2D eigenvalue weighted by Crippen LogP contribution is 2.09. The summed E-state index contributed by atoms with van der Waals surface area (Å²) in [5.41, 5.74) is 6.10. The molecule has 0 atom stereocenters. The van der Waals surface area contributed by atoms with Crippen LogP contribution in [0, 0.1) is 17.7 Å². The van der Waals surface area contributed by atoms with Crippen LogP contribution in [0.3, 0.4) is 0 Å². The van der Waals surface area contributed by atoms with Crippen LogP contribution < -0.4 is 5.73 Å². The maximum atomic E-state index is 12.9. The number of rotatable bonds is 1. The third-order valence-corrected chi connectivity index (χ3v) is 1.55. The number of benzene rings is 1. The fourth-order valence-corrected chi connectivity index (χ4v) is 0.927. The number of aliphatic hydroxyl groups excluding tert-OH is 1. The molecule has 0 bridgehead atoms. The van der Waals surface area contributed by atoms with Crippen molar-refractivity contribution in [3.8, 4) is 11.8 Å². The summed E-state index contributed by atoms with van der Waals surface area (Å²) in [7, 11) is 0. The first-order valence-corrected chi connectivity index (χ1v) is 3.86. The summed E-state index contributed by atoms with van der Waals surface area (Å²) in [5, 5.41) is 8.76. The van der Waals surface area contributed by atoms with Crippen LogP contribution in [-0.4, -0.2) is 11.7 Å².